The van der Waals surface area contributed by atoms with Crippen molar-refractivity contribution in [3.05, 3.63) is 47.0 Å². The molecule has 0 amide bonds. The second-order valence-corrected chi connectivity index (χ2v) is 2.27. The van der Waals surface area contributed by atoms with Crippen LogP contribution < -0.4 is 0 Å². The molecular formula is C9H10NO+. The van der Waals surface area contributed by atoms with Crippen LogP contribution in [0.15, 0.2) is 36.5 Å². The van der Waals surface area contributed by atoms with E-state index in [4.69, 9.17) is 0 Å². The Morgan fingerprint density at radius 1 is 1.27 bits per heavy atom. The molecule has 0 aliphatic heterocycles. The molecule has 0 bridgehead atoms. The van der Waals surface area contributed by atoms with E-state index >= 15 is 0 Å². The maximum atomic E-state index is 10.4. The van der Waals surface area contributed by atoms with Gasteiger partial charge in [-0.25, -0.2) is 0 Å². The minimum absolute atomic E-state index is 0.771. The Morgan fingerprint density at radius 3 is 2.45 bits per heavy atom. The highest BCUT2D eigenvalue weighted by atomic mass is 16.3. The SMILES string of the molecule is C[N+](=O)/C=C/c1ccccc1. The first-order valence-electron chi connectivity index (χ1n) is 3.42. The number of nitrogens with zero attached hydrogens (tertiary/aromatic N) is 1. The van der Waals surface area contributed by atoms with Gasteiger partial charge in [0.1, 0.15) is 0 Å². The van der Waals surface area contributed by atoms with Crippen molar-refractivity contribution >= 4 is 6.08 Å². The van der Waals surface area contributed by atoms with Crippen molar-refractivity contribution in [1.82, 2.24) is 0 Å². The Bertz CT molecular complexity index is 264. The van der Waals surface area contributed by atoms with E-state index in [9.17, 15) is 4.91 Å². The highest BCUT2D eigenvalue weighted by Gasteiger charge is 1.88. The van der Waals surface area contributed by atoms with Crippen LogP contribution in [0, 0.1) is 4.91 Å². The molecule has 0 spiro atoms. The molecule has 0 N–H and O–H groups in total. The third-order valence-electron chi connectivity index (χ3n) is 1.28. The molecule has 11 heavy (non-hydrogen) atoms. The first-order chi connectivity index (χ1) is 5.29. The lowest BCUT2D eigenvalue weighted by atomic mass is 10.2. The molecule has 0 fully saturated rings. The van der Waals surface area contributed by atoms with Gasteiger partial charge in [-0.2, -0.15) is 0 Å². The van der Waals surface area contributed by atoms with Crippen LogP contribution in [0.25, 0.3) is 6.08 Å². The number of hydrogen-bond acceptors (Lipinski definition) is 1. The van der Waals surface area contributed by atoms with Gasteiger partial charge in [0.15, 0.2) is 7.05 Å². The molecule has 0 atom stereocenters. The minimum Gasteiger partial charge on any atom is -0.0622 e. The van der Waals surface area contributed by atoms with Gasteiger partial charge in [0.25, 0.3) is 0 Å². The second kappa shape index (κ2) is 3.66. The lowest BCUT2D eigenvalue weighted by Gasteiger charge is -1.85. The van der Waals surface area contributed by atoms with Crippen LogP contribution >= 0.6 is 0 Å². The second-order valence-electron chi connectivity index (χ2n) is 2.27. The molecule has 0 saturated carbocycles. The summed E-state index contributed by atoms with van der Waals surface area (Å²) in [6.07, 6.45) is 3.25. The summed E-state index contributed by atoms with van der Waals surface area (Å²) in [5, 5.41) is 0. The maximum Gasteiger partial charge on any atom is 0.221 e. The van der Waals surface area contributed by atoms with Crippen LogP contribution in [0.3, 0.4) is 0 Å². The van der Waals surface area contributed by atoms with Gasteiger partial charge >= 0.3 is 0 Å². The van der Waals surface area contributed by atoms with Gasteiger partial charge < -0.3 is 0 Å². The van der Waals surface area contributed by atoms with Crippen molar-refractivity contribution in [2.75, 3.05) is 7.05 Å². The van der Waals surface area contributed by atoms with E-state index in [0.29, 0.717) is 0 Å². The molecule has 0 aliphatic carbocycles. The molecule has 0 heterocycles. The van der Waals surface area contributed by atoms with Crippen LogP contribution in [0.4, 0.5) is 0 Å². The van der Waals surface area contributed by atoms with Crippen LogP contribution in [-0.2, 0) is 0 Å². The van der Waals surface area contributed by atoms with E-state index in [1.807, 2.05) is 30.3 Å². The first-order valence-corrected chi connectivity index (χ1v) is 3.42. The van der Waals surface area contributed by atoms with Gasteiger partial charge in [-0.15, -0.1) is 0 Å². The van der Waals surface area contributed by atoms with E-state index in [-0.39, 0.29) is 0 Å². The summed E-state index contributed by atoms with van der Waals surface area (Å²) in [5.41, 5.74) is 1.04. The molecule has 0 aromatic heterocycles. The smallest absolute Gasteiger partial charge is 0.0622 e. The fourth-order valence-electron chi connectivity index (χ4n) is 0.755. The molecule has 2 heteroatoms. The minimum atomic E-state index is 0.771. The van der Waals surface area contributed by atoms with E-state index in [2.05, 4.69) is 0 Å². The Kier molecular flexibility index (Phi) is 2.55. The normalized spacial score (nSPS) is 10.3. The maximum absolute atomic E-state index is 10.4. The zero-order valence-corrected chi connectivity index (χ0v) is 6.40. The molecule has 2 nitrogen and oxygen atoms in total. The molecule has 1 aromatic carbocycles. The Morgan fingerprint density at radius 2 is 1.91 bits per heavy atom. The van der Waals surface area contributed by atoms with Crippen molar-refractivity contribution in [3.63, 3.8) is 0 Å². The van der Waals surface area contributed by atoms with Gasteiger partial charge in [0.2, 0.25) is 6.20 Å². The molecule has 0 unspecified atom stereocenters. The van der Waals surface area contributed by atoms with Gasteiger partial charge in [0.05, 0.1) is 0 Å². The summed E-state index contributed by atoms with van der Waals surface area (Å²) in [5.74, 6) is 0. The molecule has 0 aliphatic rings. The summed E-state index contributed by atoms with van der Waals surface area (Å²) >= 11 is 0. The zero-order valence-electron chi connectivity index (χ0n) is 6.40. The standard InChI is InChI=1S/C9H10NO/c1-10(11)8-7-9-5-3-2-4-6-9/h2-8H,1H3/q+1/b8-7+. The predicted octanol–water partition coefficient (Wildman–Crippen LogP) is 2.07. The lowest BCUT2D eigenvalue weighted by molar-refractivity contribution is -0.443. The molecule has 0 saturated heterocycles. The summed E-state index contributed by atoms with van der Waals surface area (Å²) < 4.78 is 0.771. The topological polar surface area (TPSA) is 20.1 Å². The first kappa shape index (κ1) is 7.66. The van der Waals surface area contributed by atoms with Crippen molar-refractivity contribution in [2.24, 2.45) is 0 Å². The number of rotatable bonds is 2. The molecule has 56 valence electrons. The van der Waals surface area contributed by atoms with E-state index in [0.717, 1.165) is 10.3 Å². The number of nitroso groups, excluding NO2 is 1. The van der Waals surface area contributed by atoms with Gasteiger partial charge in [0, 0.05) is 15.7 Å². The van der Waals surface area contributed by atoms with Crippen LogP contribution in [-0.4, -0.2) is 11.8 Å². The van der Waals surface area contributed by atoms with Crippen molar-refractivity contribution in [1.29, 1.82) is 0 Å². The Hall–Kier alpha value is -1.44. The highest BCUT2D eigenvalue weighted by molar-refractivity contribution is 5.47. The molecule has 1 aromatic rings. The van der Waals surface area contributed by atoms with Crippen LogP contribution in [0.5, 0.6) is 0 Å². The lowest BCUT2D eigenvalue weighted by Crippen LogP contribution is -1.84. The summed E-state index contributed by atoms with van der Waals surface area (Å²) in [6.45, 7) is 0. The quantitative estimate of drug-likeness (QED) is 0.588. The van der Waals surface area contributed by atoms with Gasteiger partial charge in [-0.1, -0.05) is 30.3 Å². The van der Waals surface area contributed by atoms with Crippen LogP contribution in [0.1, 0.15) is 5.56 Å². The van der Waals surface area contributed by atoms with E-state index < -0.39 is 0 Å². The molecular weight excluding hydrogens is 138 g/mol. The molecule has 1 rings (SSSR count). The number of hydrogen-bond donors (Lipinski definition) is 0. The van der Waals surface area contributed by atoms with Gasteiger partial charge in [-0.3, -0.25) is 0 Å². The number of benzene rings is 1. The van der Waals surface area contributed by atoms with Gasteiger partial charge in [-0.05, 0) is 5.56 Å². The van der Waals surface area contributed by atoms with E-state index in [1.54, 1.807) is 6.08 Å². The fraction of sp³-hybridized carbons (Fsp3) is 0.111. The Balaban J connectivity index is 2.72. The Labute approximate surface area is 65.7 Å². The van der Waals surface area contributed by atoms with Crippen molar-refractivity contribution in [2.45, 2.75) is 0 Å². The fourth-order valence-corrected chi connectivity index (χ4v) is 0.755. The van der Waals surface area contributed by atoms with Crippen molar-refractivity contribution in [3.8, 4) is 0 Å². The molecule has 0 radical (unpaired) electrons. The highest BCUT2D eigenvalue weighted by Crippen LogP contribution is 1.99. The van der Waals surface area contributed by atoms with Crippen LogP contribution in [0.2, 0.25) is 0 Å². The summed E-state index contributed by atoms with van der Waals surface area (Å²) in [4.78, 5) is 10.4. The summed E-state index contributed by atoms with van der Waals surface area (Å²) in [6, 6.07) is 9.70. The average Bonchev–Trinajstić information content (AvgIpc) is 2.03. The third-order valence-corrected chi connectivity index (χ3v) is 1.28. The largest absolute Gasteiger partial charge is 0.221 e. The van der Waals surface area contributed by atoms with E-state index in [1.165, 1.54) is 13.2 Å². The zero-order chi connectivity index (χ0) is 8.10. The van der Waals surface area contributed by atoms with Crippen molar-refractivity contribution < 1.29 is 4.76 Å². The average molecular weight is 148 g/mol. The third kappa shape index (κ3) is 2.76. The monoisotopic (exact) mass is 148 g/mol. The predicted molar refractivity (Wildman–Crippen MR) is 45.0 cm³/mol. The summed E-state index contributed by atoms with van der Waals surface area (Å²) in [7, 11) is 1.46.